The van der Waals surface area contributed by atoms with E-state index in [9.17, 15) is 14.9 Å². The molecule has 0 radical (unpaired) electrons. The Morgan fingerprint density at radius 1 is 1.29 bits per heavy atom. The average Bonchev–Trinajstić information content (AvgIpc) is 2.68. The molecule has 2 aliphatic rings. The van der Waals surface area contributed by atoms with Crippen molar-refractivity contribution < 1.29 is 14.5 Å². The summed E-state index contributed by atoms with van der Waals surface area (Å²) in [6.07, 6.45) is 0.561. The minimum absolute atomic E-state index is 0.0712. The number of nitro groups is 1. The van der Waals surface area contributed by atoms with E-state index in [-0.39, 0.29) is 16.4 Å². The first-order valence-corrected chi connectivity index (χ1v) is 7.09. The van der Waals surface area contributed by atoms with Crippen LogP contribution in [0.15, 0.2) is 12.1 Å². The first-order chi connectivity index (χ1) is 9.90. The van der Waals surface area contributed by atoms with Gasteiger partial charge in [-0.2, -0.15) is 0 Å². The molecule has 0 amide bonds. The Balaban J connectivity index is 2.10. The van der Waals surface area contributed by atoms with E-state index < -0.39 is 5.41 Å². The van der Waals surface area contributed by atoms with E-state index in [0.29, 0.717) is 44.0 Å². The van der Waals surface area contributed by atoms with Gasteiger partial charge in [-0.3, -0.25) is 14.9 Å². The molecule has 6 nitrogen and oxygen atoms in total. The first kappa shape index (κ1) is 14.0. The van der Waals surface area contributed by atoms with Crippen LogP contribution in [0.3, 0.4) is 0 Å². The van der Waals surface area contributed by atoms with E-state index in [0.717, 1.165) is 5.56 Å². The SMILES string of the molecule is CC1(C)Cc2cc([N+](=O)[O-])c(N3CCOCC3)cc2C1=O. The van der Waals surface area contributed by atoms with Crippen molar-refractivity contribution in [2.45, 2.75) is 20.3 Å². The summed E-state index contributed by atoms with van der Waals surface area (Å²) < 4.78 is 5.29. The zero-order chi connectivity index (χ0) is 15.2. The molecular formula is C15H18N2O4. The highest BCUT2D eigenvalue weighted by molar-refractivity contribution is 6.05. The molecule has 0 bridgehead atoms. The van der Waals surface area contributed by atoms with Crippen LogP contribution in [0.2, 0.25) is 0 Å². The van der Waals surface area contributed by atoms with Crippen molar-refractivity contribution in [3.8, 4) is 0 Å². The molecule has 0 spiro atoms. The van der Waals surface area contributed by atoms with Crippen LogP contribution in [0.4, 0.5) is 11.4 Å². The summed E-state index contributed by atoms with van der Waals surface area (Å²) in [6, 6.07) is 3.28. The molecule has 1 aromatic rings. The smallest absolute Gasteiger partial charge is 0.292 e. The highest BCUT2D eigenvalue weighted by Gasteiger charge is 2.39. The van der Waals surface area contributed by atoms with Crippen molar-refractivity contribution in [3.05, 3.63) is 33.4 Å². The fraction of sp³-hybridized carbons (Fsp3) is 0.533. The van der Waals surface area contributed by atoms with Crippen LogP contribution < -0.4 is 4.90 Å². The Morgan fingerprint density at radius 3 is 2.57 bits per heavy atom. The van der Waals surface area contributed by atoms with Crippen molar-refractivity contribution in [2.24, 2.45) is 5.41 Å². The van der Waals surface area contributed by atoms with Gasteiger partial charge in [0.2, 0.25) is 0 Å². The maximum Gasteiger partial charge on any atom is 0.292 e. The van der Waals surface area contributed by atoms with Gasteiger partial charge in [-0.25, -0.2) is 0 Å². The molecule has 0 saturated carbocycles. The highest BCUT2D eigenvalue weighted by Crippen LogP contribution is 2.41. The lowest BCUT2D eigenvalue weighted by Crippen LogP contribution is -2.36. The van der Waals surface area contributed by atoms with Crippen LogP contribution >= 0.6 is 0 Å². The van der Waals surface area contributed by atoms with Gasteiger partial charge in [0.1, 0.15) is 5.69 Å². The van der Waals surface area contributed by atoms with Crippen LogP contribution in [-0.2, 0) is 11.2 Å². The van der Waals surface area contributed by atoms with Crippen molar-refractivity contribution >= 4 is 17.2 Å². The fourth-order valence-electron chi connectivity index (χ4n) is 3.10. The minimum Gasteiger partial charge on any atom is -0.378 e. The zero-order valence-electron chi connectivity index (χ0n) is 12.2. The summed E-state index contributed by atoms with van der Waals surface area (Å²) in [5.74, 6) is 0.0712. The zero-order valence-corrected chi connectivity index (χ0v) is 12.2. The maximum absolute atomic E-state index is 12.4. The number of Topliss-reactive ketones (excluding diaryl/α,β-unsaturated/α-hetero) is 1. The number of ketones is 1. The van der Waals surface area contributed by atoms with Gasteiger partial charge in [0.05, 0.1) is 18.1 Å². The normalized spacial score (nSPS) is 20.5. The average molecular weight is 290 g/mol. The van der Waals surface area contributed by atoms with E-state index in [1.54, 1.807) is 12.1 Å². The number of anilines is 1. The monoisotopic (exact) mass is 290 g/mol. The number of ether oxygens (including phenoxy) is 1. The number of nitrogens with zero attached hydrogens (tertiary/aromatic N) is 2. The van der Waals surface area contributed by atoms with E-state index >= 15 is 0 Å². The topological polar surface area (TPSA) is 72.7 Å². The second-order valence-electron chi connectivity index (χ2n) is 6.24. The molecule has 0 unspecified atom stereocenters. The number of hydrogen-bond donors (Lipinski definition) is 0. The standard InChI is InChI=1S/C15H18N2O4/c1-15(2)9-10-7-13(17(19)20)12(8-11(10)14(15)18)16-3-5-21-6-4-16/h7-8H,3-6,9H2,1-2H3. The summed E-state index contributed by atoms with van der Waals surface area (Å²) in [7, 11) is 0. The molecule has 1 aliphatic carbocycles. The van der Waals surface area contributed by atoms with Crippen molar-refractivity contribution in [2.75, 3.05) is 31.2 Å². The Morgan fingerprint density at radius 2 is 1.95 bits per heavy atom. The molecule has 0 aromatic heterocycles. The van der Waals surface area contributed by atoms with Gasteiger partial charge in [0, 0.05) is 30.1 Å². The quantitative estimate of drug-likeness (QED) is 0.616. The van der Waals surface area contributed by atoms with Crippen LogP contribution in [0, 0.1) is 15.5 Å². The van der Waals surface area contributed by atoms with Gasteiger partial charge in [-0.15, -0.1) is 0 Å². The number of carbonyl (C=O) groups is 1. The maximum atomic E-state index is 12.4. The number of rotatable bonds is 2. The fourth-order valence-corrected chi connectivity index (χ4v) is 3.10. The number of benzene rings is 1. The molecule has 1 fully saturated rings. The third kappa shape index (κ3) is 2.29. The number of fused-ring (bicyclic) bond motifs is 1. The molecule has 112 valence electrons. The molecule has 0 N–H and O–H groups in total. The Hall–Kier alpha value is -1.95. The third-order valence-electron chi connectivity index (χ3n) is 4.24. The second-order valence-corrected chi connectivity index (χ2v) is 6.24. The Kier molecular flexibility index (Phi) is 3.20. The minimum atomic E-state index is -0.472. The number of nitro benzene ring substituents is 1. The van der Waals surface area contributed by atoms with Crippen molar-refractivity contribution in [3.63, 3.8) is 0 Å². The largest absolute Gasteiger partial charge is 0.378 e. The van der Waals surface area contributed by atoms with Crippen molar-refractivity contribution in [1.82, 2.24) is 0 Å². The summed E-state index contributed by atoms with van der Waals surface area (Å²) >= 11 is 0. The van der Waals surface area contributed by atoms with Crippen LogP contribution in [-0.4, -0.2) is 37.0 Å². The highest BCUT2D eigenvalue weighted by atomic mass is 16.6. The summed E-state index contributed by atoms with van der Waals surface area (Å²) in [6.45, 7) is 6.08. The number of carbonyl (C=O) groups excluding carboxylic acids is 1. The van der Waals surface area contributed by atoms with E-state index in [1.807, 2.05) is 18.7 Å². The molecule has 1 aliphatic heterocycles. The molecule has 1 saturated heterocycles. The molecular weight excluding hydrogens is 272 g/mol. The second kappa shape index (κ2) is 4.80. The third-order valence-corrected chi connectivity index (χ3v) is 4.24. The number of morpholine rings is 1. The molecule has 0 atom stereocenters. The predicted molar refractivity (Wildman–Crippen MR) is 77.9 cm³/mol. The molecule has 3 rings (SSSR count). The van der Waals surface area contributed by atoms with Crippen LogP contribution in [0.5, 0.6) is 0 Å². The van der Waals surface area contributed by atoms with Gasteiger partial charge >= 0.3 is 0 Å². The molecule has 1 heterocycles. The van der Waals surface area contributed by atoms with Gasteiger partial charge in [-0.05, 0) is 18.1 Å². The Bertz CT molecular complexity index is 618. The van der Waals surface area contributed by atoms with E-state index in [2.05, 4.69) is 0 Å². The van der Waals surface area contributed by atoms with Crippen LogP contribution in [0.1, 0.15) is 29.8 Å². The lowest BCUT2D eigenvalue weighted by molar-refractivity contribution is -0.384. The summed E-state index contributed by atoms with van der Waals surface area (Å²) in [5, 5.41) is 11.4. The van der Waals surface area contributed by atoms with E-state index in [4.69, 9.17) is 4.74 Å². The summed E-state index contributed by atoms with van der Waals surface area (Å²) in [5.41, 5.74) is 1.56. The molecule has 6 heteroatoms. The predicted octanol–water partition coefficient (Wildman–Crippen LogP) is 2.20. The lowest BCUT2D eigenvalue weighted by Gasteiger charge is -2.28. The molecule has 21 heavy (non-hydrogen) atoms. The summed E-state index contributed by atoms with van der Waals surface area (Å²) in [4.78, 5) is 25.4. The van der Waals surface area contributed by atoms with Gasteiger partial charge in [0.25, 0.3) is 5.69 Å². The number of hydrogen-bond acceptors (Lipinski definition) is 5. The van der Waals surface area contributed by atoms with E-state index in [1.165, 1.54) is 0 Å². The van der Waals surface area contributed by atoms with Gasteiger partial charge in [-0.1, -0.05) is 13.8 Å². The van der Waals surface area contributed by atoms with Crippen molar-refractivity contribution in [1.29, 1.82) is 0 Å². The van der Waals surface area contributed by atoms with Gasteiger partial charge < -0.3 is 9.64 Å². The van der Waals surface area contributed by atoms with Crippen LogP contribution in [0.25, 0.3) is 0 Å². The first-order valence-electron chi connectivity index (χ1n) is 7.09. The Labute approximate surface area is 122 Å². The van der Waals surface area contributed by atoms with Gasteiger partial charge in [0.15, 0.2) is 5.78 Å². The lowest BCUT2D eigenvalue weighted by atomic mass is 9.89. The molecule has 1 aromatic carbocycles.